The van der Waals surface area contributed by atoms with Gasteiger partial charge in [0.05, 0.1) is 66.1 Å². The molecule has 0 rings (SSSR count). The van der Waals surface area contributed by atoms with Crippen LogP contribution >= 0.6 is 0 Å². The van der Waals surface area contributed by atoms with E-state index in [-0.39, 0.29) is 13.2 Å². The Kier molecular flexibility index (Phi) is 25.1. The predicted molar refractivity (Wildman–Crippen MR) is 77.8 cm³/mol. The first kappa shape index (κ1) is 21.5. The Morgan fingerprint density at radius 1 is 0.600 bits per heavy atom. The lowest BCUT2D eigenvalue weighted by molar-refractivity contribution is 0.0117. The van der Waals surface area contributed by atoms with E-state index in [1.54, 1.807) is 12.2 Å². The highest BCUT2D eigenvalue weighted by molar-refractivity contribution is 4.63. The molecular formula is C14H28O6. The molecule has 0 saturated carbocycles. The molecule has 120 valence electrons. The van der Waals surface area contributed by atoms with Crippen LogP contribution < -0.4 is 0 Å². The molecule has 0 aromatic carbocycles. The molecule has 6 heteroatoms. The van der Waals surface area contributed by atoms with Gasteiger partial charge in [-0.1, -0.05) is 12.2 Å². The van der Waals surface area contributed by atoms with Gasteiger partial charge in [0.15, 0.2) is 0 Å². The van der Waals surface area contributed by atoms with Crippen LogP contribution in [0.5, 0.6) is 0 Å². The van der Waals surface area contributed by atoms with Gasteiger partial charge in [-0.15, -0.1) is 13.2 Å². The standard InChI is InChI=1S/C9H18O4.C5H10O2/c1-2-4-11-6-8-13-9-7-12-5-3-10;1-2-4-7-5-3-6/h2,10H,1,3-9H2;2,6H,1,3-5H2. The molecule has 0 unspecified atom stereocenters. The van der Waals surface area contributed by atoms with Gasteiger partial charge in [0.25, 0.3) is 0 Å². The van der Waals surface area contributed by atoms with Gasteiger partial charge < -0.3 is 29.2 Å². The van der Waals surface area contributed by atoms with Crippen molar-refractivity contribution in [2.24, 2.45) is 0 Å². The van der Waals surface area contributed by atoms with Gasteiger partial charge in [-0.3, -0.25) is 0 Å². The molecule has 0 aliphatic rings. The minimum Gasteiger partial charge on any atom is -0.394 e. The van der Waals surface area contributed by atoms with Crippen molar-refractivity contribution >= 4 is 0 Å². The van der Waals surface area contributed by atoms with Crippen molar-refractivity contribution in [3.8, 4) is 0 Å². The number of aliphatic hydroxyl groups excluding tert-OH is 2. The quantitative estimate of drug-likeness (QED) is 0.356. The number of ether oxygens (including phenoxy) is 4. The van der Waals surface area contributed by atoms with Crippen molar-refractivity contribution in [1.29, 1.82) is 0 Å². The maximum atomic E-state index is 8.37. The van der Waals surface area contributed by atoms with E-state index in [4.69, 9.17) is 29.2 Å². The second-order valence-electron chi connectivity index (χ2n) is 3.40. The fourth-order valence-electron chi connectivity index (χ4n) is 0.902. The second kappa shape index (κ2) is 23.3. The van der Waals surface area contributed by atoms with Crippen LogP contribution in [-0.4, -0.2) is 76.3 Å². The summed E-state index contributed by atoms with van der Waals surface area (Å²) in [6.07, 6.45) is 3.35. The molecule has 6 nitrogen and oxygen atoms in total. The lowest BCUT2D eigenvalue weighted by atomic mass is 10.6. The van der Waals surface area contributed by atoms with Crippen molar-refractivity contribution in [3.05, 3.63) is 25.3 Å². The fraction of sp³-hybridized carbons (Fsp3) is 0.714. The molecule has 20 heavy (non-hydrogen) atoms. The minimum absolute atomic E-state index is 0.0580. The van der Waals surface area contributed by atoms with Crippen molar-refractivity contribution in [2.75, 3.05) is 66.1 Å². The average molecular weight is 292 g/mol. The summed E-state index contributed by atoms with van der Waals surface area (Å²) >= 11 is 0. The zero-order valence-corrected chi connectivity index (χ0v) is 12.2. The summed E-state index contributed by atoms with van der Waals surface area (Å²) in [4.78, 5) is 0. The first-order chi connectivity index (χ1) is 9.83. The lowest BCUT2D eigenvalue weighted by Crippen LogP contribution is -2.10. The summed E-state index contributed by atoms with van der Waals surface area (Å²) in [5.41, 5.74) is 0. The number of aliphatic hydroxyl groups is 2. The molecular weight excluding hydrogens is 264 g/mol. The highest BCUT2D eigenvalue weighted by atomic mass is 16.5. The SMILES string of the molecule is C=CCOCCO.C=CCOCCOCCOCCO. The topological polar surface area (TPSA) is 77.4 Å². The van der Waals surface area contributed by atoms with E-state index < -0.39 is 0 Å². The smallest absolute Gasteiger partial charge is 0.0704 e. The molecule has 0 bridgehead atoms. The normalized spacial score (nSPS) is 9.70. The molecule has 0 radical (unpaired) electrons. The van der Waals surface area contributed by atoms with Gasteiger partial charge in [0.1, 0.15) is 0 Å². The van der Waals surface area contributed by atoms with Gasteiger partial charge in [-0.05, 0) is 0 Å². The van der Waals surface area contributed by atoms with Crippen LogP contribution in [0, 0.1) is 0 Å². The van der Waals surface area contributed by atoms with Crippen molar-refractivity contribution in [1.82, 2.24) is 0 Å². The van der Waals surface area contributed by atoms with E-state index >= 15 is 0 Å². The van der Waals surface area contributed by atoms with E-state index in [1.165, 1.54) is 0 Å². The Bertz CT molecular complexity index is 187. The monoisotopic (exact) mass is 292 g/mol. The van der Waals surface area contributed by atoms with E-state index in [0.29, 0.717) is 52.9 Å². The minimum atomic E-state index is 0.0580. The summed E-state index contributed by atoms with van der Waals surface area (Å²) < 4.78 is 20.0. The maximum absolute atomic E-state index is 8.37. The zero-order chi connectivity index (χ0) is 15.3. The maximum Gasteiger partial charge on any atom is 0.0704 e. The predicted octanol–water partition coefficient (Wildman–Crippen LogP) is 0.396. The third-order valence-corrected chi connectivity index (χ3v) is 1.69. The summed E-state index contributed by atoms with van der Waals surface area (Å²) in [5, 5.41) is 16.5. The van der Waals surface area contributed by atoms with E-state index in [2.05, 4.69) is 13.2 Å². The van der Waals surface area contributed by atoms with Crippen LogP contribution in [0.15, 0.2) is 25.3 Å². The summed E-state index contributed by atoms with van der Waals surface area (Å²) in [5.74, 6) is 0. The Morgan fingerprint density at radius 2 is 0.950 bits per heavy atom. The van der Waals surface area contributed by atoms with Gasteiger partial charge in [0.2, 0.25) is 0 Å². The fourth-order valence-corrected chi connectivity index (χ4v) is 0.902. The zero-order valence-electron chi connectivity index (χ0n) is 12.2. The number of hydrogen-bond acceptors (Lipinski definition) is 6. The summed E-state index contributed by atoms with van der Waals surface area (Å²) in [7, 11) is 0. The molecule has 0 atom stereocenters. The van der Waals surface area contributed by atoms with Gasteiger partial charge in [-0.25, -0.2) is 0 Å². The van der Waals surface area contributed by atoms with E-state index in [0.717, 1.165) is 0 Å². The Morgan fingerprint density at radius 3 is 1.40 bits per heavy atom. The third-order valence-electron chi connectivity index (χ3n) is 1.69. The average Bonchev–Trinajstić information content (AvgIpc) is 2.47. The van der Waals surface area contributed by atoms with Crippen LogP contribution in [0.3, 0.4) is 0 Å². The summed E-state index contributed by atoms with van der Waals surface area (Å²) in [6.45, 7) is 11.2. The highest BCUT2D eigenvalue weighted by Gasteiger charge is 1.89. The summed E-state index contributed by atoms with van der Waals surface area (Å²) in [6, 6.07) is 0. The Hall–Kier alpha value is -0.760. The molecule has 0 aromatic heterocycles. The van der Waals surface area contributed by atoms with E-state index in [9.17, 15) is 0 Å². The lowest BCUT2D eigenvalue weighted by Gasteiger charge is -2.04. The molecule has 2 N–H and O–H groups in total. The Labute approximate surface area is 121 Å². The van der Waals surface area contributed by atoms with E-state index in [1.807, 2.05) is 0 Å². The van der Waals surface area contributed by atoms with Crippen LogP contribution in [0.25, 0.3) is 0 Å². The third kappa shape index (κ3) is 25.9. The van der Waals surface area contributed by atoms with Crippen LogP contribution in [0.1, 0.15) is 0 Å². The van der Waals surface area contributed by atoms with Gasteiger partial charge in [-0.2, -0.15) is 0 Å². The van der Waals surface area contributed by atoms with Crippen LogP contribution in [0.4, 0.5) is 0 Å². The highest BCUT2D eigenvalue weighted by Crippen LogP contribution is 1.80. The number of hydrogen-bond donors (Lipinski definition) is 2. The van der Waals surface area contributed by atoms with Gasteiger partial charge >= 0.3 is 0 Å². The molecule has 0 amide bonds. The first-order valence-electron chi connectivity index (χ1n) is 6.57. The van der Waals surface area contributed by atoms with Gasteiger partial charge in [0, 0.05) is 0 Å². The largest absolute Gasteiger partial charge is 0.394 e. The second-order valence-corrected chi connectivity index (χ2v) is 3.40. The molecule has 0 saturated heterocycles. The Balaban J connectivity index is 0. The molecule has 0 aromatic rings. The first-order valence-corrected chi connectivity index (χ1v) is 6.57. The van der Waals surface area contributed by atoms with Crippen molar-refractivity contribution in [2.45, 2.75) is 0 Å². The van der Waals surface area contributed by atoms with Crippen LogP contribution in [0.2, 0.25) is 0 Å². The molecule has 0 spiro atoms. The van der Waals surface area contributed by atoms with Crippen LogP contribution in [-0.2, 0) is 18.9 Å². The number of rotatable bonds is 14. The molecule has 0 heterocycles. The molecule has 0 aliphatic carbocycles. The molecule has 0 fully saturated rings. The van der Waals surface area contributed by atoms with Crippen molar-refractivity contribution < 1.29 is 29.2 Å². The van der Waals surface area contributed by atoms with Crippen molar-refractivity contribution in [3.63, 3.8) is 0 Å². The molecule has 0 aliphatic heterocycles.